The van der Waals surface area contributed by atoms with Gasteiger partial charge in [-0.1, -0.05) is 35.5 Å². The Morgan fingerprint density at radius 2 is 1.90 bits per heavy atom. The molecule has 1 aliphatic heterocycles. The van der Waals surface area contributed by atoms with E-state index in [1.807, 2.05) is 36.4 Å². The molecule has 2 heterocycles. The predicted molar refractivity (Wildman–Crippen MR) is 117 cm³/mol. The summed E-state index contributed by atoms with van der Waals surface area (Å²) in [6, 6.07) is 15.1. The van der Waals surface area contributed by atoms with Crippen LogP contribution in [0, 0.1) is 0 Å². The van der Waals surface area contributed by atoms with Crippen LogP contribution >= 0.6 is 23.4 Å². The fourth-order valence-corrected chi connectivity index (χ4v) is 3.88. The molecular weight excluding hydrogens is 424 g/mol. The van der Waals surface area contributed by atoms with Gasteiger partial charge in [-0.3, -0.25) is 4.79 Å². The molecule has 1 aromatic heterocycles. The molecule has 9 heteroatoms. The summed E-state index contributed by atoms with van der Waals surface area (Å²) in [5.74, 6) is 0.888. The number of benzene rings is 2. The summed E-state index contributed by atoms with van der Waals surface area (Å²) < 4.78 is 11.1. The van der Waals surface area contributed by atoms with Crippen LogP contribution in [-0.4, -0.2) is 34.9 Å². The minimum absolute atomic E-state index is 0.104. The number of amides is 1. The van der Waals surface area contributed by atoms with E-state index in [0.29, 0.717) is 21.9 Å². The molecule has 156 valence electrons. The molecule has 1 aliphatic rings. The van der Waals surface area contributed by atoms with Gasteiger partial charge >= 0.3 is 0 Å². The van der Waals surface area contributed by atoms with Crippen molar-refractivity contribution in [2.75, 3.05) is 29.1 Å². The Bertz CT molecular complexity index is 990. The van der Waals surface area contributed by atoms with Crippen LogP contribution in [0.2, 0.25) is 5.02 Å². The summed E-state index contributed by atoms with van der Waals surface area (Å²) in [4.78, 5) is 14.6. The fourth-order valence-electron chi connectivity index (χ4n) is 3.11. The minimum Gasteiger partial charge on any atom is -0.482 e. The molecule has 30 heavy (non-hydrogen) atoms. The third kappa shape index (κ3) is 5.46. The normalized spacial score (nSPS) is 13.4. The van der Waals surface area contributed by atoms with Gasteiger partial charge in [0.2, 0.25) is 5.91 Å². The number of aromatic nitrogens is 2. The average molecular weight is 445 g/mol. The molecule has 7 nitrogen and oxygen atoms in total. The Morgan fingerprint density at radius 1 is 1.13 bits per heavy atom. The zero-order valence-electron chi connectivity index (χ0n) is 16.2. The van der Waals surface area contributed by atoms with Crippen molar-refractivity contribution < 1.29 is 13.9 Å². The van der Waals surface area contributed by atoms with E-state index in [4.69, 9.17) is 20.8 Å². The number of ether oxygens (including phenoxy) is 1. The van der Waals surface area contributed by atoms with E-state index < -0.39 is 0 Å². The summed E-state index contributed by atoms with van der Waals surface area (Å²) in [7, 11) is 0. The molecule has 0 aliphatic carbocycles. The highest BCUT2D eigenvalue weighted by molar-refractivity contribution is 7.99. The highest BCUT2D eigenvalue weighted by Crippen LogP contribution is 2.25. The van der Waals surface area contributed by atoms with E-state index in [9.17, 15) is 4.79 Å². The van der Waals surface area contributed by atoms with Crippen molar-refractivity contribution in [1.29, 1.82) is 0 Å². The third-order valence-electron chi connectivity index (χ3n) is 4.59. The number of nitrogens with one attached hydrogen (secondary N) is 1. The van der Waals surface area contributed by atoms with Gasteiger partial charge in [0.25, 0.3) is 11.1 Å². The van der Waals surface area contributed by atoms with Crippen molar-refractivity contribution in [1.82, 2.24) is 10.2 Å². The summed E-state index contributed by atoms with van der Waals surface area (Å²) in [6.45, 7) is 2.29. The van der Waals surface area contributed by atoms with Crippen molar-refractivity contribution in [3.05, 3.63) is 59.4 Å². The SMILES string of the molecule is O=C(CSc1nnc(COc2ccccc2Cl)o1)Nc1ccc(N2CCCC2)cc1. The fraction of sp³-hybridized carbons (Fsp3) is 0.286. The lowest BCUT2D eigenvalue weighted by Crippen LogP contribution is -2.18. The molecule has 4 rings (SSSR count). The molecule has 1 saturated heterocycles. The first kappa shape index (κ1) is 20.6. The number of nitrogens with zero attached hydrogens (tertiary/aromatic N) is 3. The molecule has 0 unspecified atom stereocenters. The van der Waals surface area contributed by atoms with Gasteiger partial charge in [-0.15, -0.1) is 10.2 Å². The van der Waals surface area contributed by atoms with Gasteiger partial charge in [-0.2, -0.15) is 0 Å². The van der Waals surface area contributed by atoms with E-state index in [2.05, 4.69) is 20.4 Å². The van der Waals surface area contributed by atoms with Crippen LogP contribution in [0.1, 0.15) is 18.7 Å². The summed E-state index contributed by atoms with van der Waals surface area (Å²) in [5.41, 5.74) is 1.96. The summed E-state index contributed by atoms with van der Waals surface area (Å²) in [5, 5.41) is 11.6. The molecule has 0 bridgehead atoms. The van der Waals surface area contributed by atoms with Gasteiger partial charge in [-0.05, 0) is 49.2 Å². The van der Waals surface area contributed by atoms with Gasteiger partial charge in [0, 0.05) is 24.5 Å². The van der Waals surface area contributed by atoms with Gasteiger partial charge in [0.05, 0.1) is 10.8 Å². The number of carbonyl (C=O) groups excluding carboxylic acids is 1. The molecule has 1 fully saturated rings. The number of anilines is 2. The number of halogens is 1. The molecule has 1 N–H and O–H groups in total. The monoisotopic (exact) mass is 444 g/mol. The maximum Gasteiger partial charge on any atom is 0.277 e. The lowest BCUT2D eigenvalue weighted by Gasteiger charge is -2.17. The zero-order chi connectivity index (χ0) is 20.8. The average Bonchev–Trinajstić information content (AvgIpc) is 3.45. The summed E-state index contributed by atoms with van der Waals surface area (Å²) in [6.07, 6.45) is 2.47. The highest BCUT2D eigenvalue weighted by atomic mass is 35.5. The molecule has 3 aromatic rings. The Labute approximate surface area is 183 Å². The molecule has 1 amide bonds. The Balaban J connectivity index is 1.23. The van der Waals surface area contributed by atoms with E-state index in [1.165, 1.54) is 30.3 Å². The number of hydrogen-bond acceptors (Lipinski definition) is 7. The van der Waals surface area contributed by atoms with Crippen LogP contribution in [0.4, 0.5) is 11.4 Å². The van der Waals surface area contributed by atoms with E-state index in [1.54, 1.807) is 12.1 Å². The Hall–Kier alpha value is -2.71. The standard InChI is InChI=1S/C21H21ClN4O3S/c22-17-5-1-2-6-18(17)28-13-20-24-25-21(29-20)30-14-19(27)23-15-7-9-16(10-8-15)26-11-3-4-12-26/h1-2,5-10H,3-4,11-14H2,(H,23,27). The second-order valence-electron chi connectivity index (χ2n) is 6.76. The quantitative estimate of drug-likeness (QED) is 0.507. The highest BCUT2D eigenvalue weighted by Gasteiger charge is 2.13. The first-order chi connectivity index (χ1) is 14.7. The number of hydrogen-bond donors (Lipinski definition) is 1. The molecule has 2 aromatic carbocycles. The van der Waals surface area contributed by atoms with Gasteiger partial charge < -0.3 is 19.4 Å². The lowest BCUT2D eigenvalue weighted by atomic mass is 10.2. The van der Waals surface area contributed by atoms with Crippen LogP contribution in [0.3, 0.4) is 0 Å². The number of rotatable bonds is 8. The van der Waals surface area contributed by atoms with Gasteiger partial charge in [-0.25, -0.2) is 0 Å². The van der Waals surface area contributed by atoms with Crippen molar-refractivity contribution in [3.63, 3.8) is 0 Å². The third-order valence-corrected chi connectivity index (χ3v) is 5.72. The van der Waals surface area contributed by atoms with Crippen LogP contribution in [0.5, 0.6) is 5.75 Å². The van der Waals surface area contributed by atoms with Crippen molar-refractivity contribution in [3.8, 4) is 5.75 Å². The van der Waals surface area contributed by atoms with Gasteiger partial charge in [0.15, 0.2) is 6.61 Å². The van der Waals surface area contributed by atoms with Crippen molar-refractivity contribution in [2.45, 2.75) is 24.7 Å². The predicted octanol–water partition coefficient (Wildman–Crippen LogP) is 4.63. The van der Waals surface area contributed by atoms with E-state index in [-0.39, 0.29) is 18.3 Å². The summed E-state index contributed by atoms with van der Waals surface area (Å²) >= 11 is 7.22. The second-order valence-corrected chi connectivity index (χ2v) is 8.09. The number of thioether (sulfide) groups is 1. The molecular formula is C21H21ClN4O3S. The molecule has 0 atom stereocenters. The molecule has 0 saturated carbocycles. The maximum atomic E-state index is 12.2. The topological polar surface area (TPSA) is 80.5 Å². The lowest BCUT2D eigenvalue weighted by molar-refractivity contribution is -0.113. The largest absolute Gasteiger partial charge is 0.482 e. The first-order valence-corrected chi connectivity index (χ1v) is 11.0. The number of carbonyl (C=O) groups is 1. The smallest absolute Gasteiger partial charge is 0.277 e. The molecule has 0 radical (unpaired) electrons. The van der Waals surface area contributed by atoms with E-state index in [0.717, 1.165) is 18.8 Å². The minimum atomic E-state index is -0.138. The zero-order valence-corrected chi connectivity index (χ0v) is 17.8. The number of para-hydroxylation sites is 1. The van der Waals surface area contributed by atoms with Crippen LogP contribution in [0.25, 0.3) is 0 Å². The molecule has 0 spiro atoms. The second kappa shape index (κ2) is 9.86. The van der Waals surface area contributed by atoms with E-state index >= 15 is 0 Å². The maximum absolute atomic E-state index is 12.2. The van der Waals surface area contributed by atoms with Gasteiger partial charge in [0.1, 0.15) is 5.75 Å². The Kier molecular flexibility index (Phi) is 6.76. The van der Waals surface area contributed by atoms with Crippen LogP contribution in [-0.2, 0) is 11.4 Å². The van der Waals surface area contributed by atoms with Crippen molar-refractivity contribution >= 4 is 40.6 Å². The van der Waals surface area contributed by atoms with Crippen LogP contribution < -0.4 is 15.0 Å². The Morgan fingerprint density at radius 3 is 2.67 bits per heavy atom. The van der Waals surface area contributed by atoms with Crippen molar-refractivity contribution in [2.24, 2.45) is 0 Å². The van der Waals surface area contributed by atoms with Crippen LogP contribution in [0.15, 0.2) is 58.2 Å². The first-order valence-electron chi connectivity index (χ1n) is 9.65.